The minimum absolute atomic E-state index is 0.0363. The minimum atomic E-state index is 0.0363. The third-order valence-corrected chi connectivity index (χ3v) is 5.74. The van der Waals surface area contributed by atoms with Crippen LogP contribution in [0, 0.1) is 5.92 Å². The summed E-state index contributed by atoms with van der Waals surface area (Å²) in [7, 11) is 1.61. The van der Waals surface area contributed by atoms with Gasteiger partial charge >= 0.3 is 0 Å². The number of ether oxygens (including phenoxy) is 1. The van der Waals surface area contributed by atoms with Gasteiger partial charge in [0.15, 0.2) is 0 Å². The second-order valence-corrected chi connectivity index (χ2v) is 7.97. The van der Waals surface area contributed by atoms with E-state index in [4.69, 9.17) is 16.3 Å². The summed E-state index contributed by atoms with van der Waals surface area (Å²) in [6, 6.07) is 11.6. The Hall–Kier alpha value is -3.05. The lowest BCUT2D eigenvalue weighted by Crippen LogP contribution is -2.19. The van der Waals surface area contributed by atoms with Crippen LogP contribution in [0.15, 0.2) is 59.8 Å². The highest BCUT2D eigenvalue weighted by Crippen LogP contribution is 2.35. The first-order valence-corrected chi connectivity index (χ1v) is 10.0. The van der Waals surface area contributed by atoms with E-state index in [1.807, 2.05) is 36.5 Å². The summed E-state index contributed by atoms with van der Waals surface area (Å²) in [6.45, 7) is 0.819. The standard InChI is InChI=1S/C23H20ClN3O2/c1-29-18-6-17(11-25-12-18)19-7-16-8-21(26-22(16)10-20(19)24)15-4-5-27(23(28)9-15)13-14-2-3-14/h4-12,14,26H,2-3,13H2,1H3. The summed E-state index contributed by atoms with van der Waals surface area (Å²) in [6.07, 6.45) is 7.77. The van der Waals surface area contributed by atoms with Crippen LogP contribution in [0.1, 0.15) is 12.8 Å². The number of halogens is 1. The predicted octanol–water partition coefficient (Wildman–Crippen LogP) is 5.13. The number of pyridine rings is 2. The van der Waals surface area contributed by atoms with Crippen molar-refractivity contribution in [3.63, 3.8) is 0 Å². The summed E-state index contributed by atoms with van der Waals surface area (Å²) < 4.78 is 7.07. The molecule has 0 saturated heterocycles. The number of nitrogens with one attached hydrogen (secondary N) is 1. The molecular weight excluding hydrogens is 386 g/mol. The van der Waals surface area contributed by atoms with Crippen LogP contribution in [-0.2, 0) is 6.54 Å². The third-order valence-electron chi connectivity index (χ3n) is 5.43. The zero-order valence-corrected chi connectivity index (χ0v) is 16.7. The van der Waals surface area contributed by atoms with Gasteiger partial charge in [-0.05, 0) is 49.1 Å². The molecule has 0 unspecified atom stereocenters. The van der Waals surface area contributed by atoms with Crippen molar-refractivity contribution in [2.75, 3.05) is 7.11 Å². The van der Waals surface area contributed by atoms with Gasteiger partial charge in [-0.25, -0.2) is 0 Å². The van der Waals surface area contributed by atoms with Crippen molar-refractivity contribution < 1.29 is 4.74 Å². The molecule has 0 bridgehead atoms. The Morgan fingerprint density at radius 3 is 2.79 bits per heavy atom. The molecule has 0 atom stereocenters. The van der Waals surface area contributed by atoms with Gasteiger partial charge in [-0.15, -0.1) is 0 Å². The fraction of sp³-hybridized carbons (Fsp3) is 0.217. The van der Waals surface area contributed by atoms with Crippen molar-refractivity contribution in [3.05, 3.63) is 70.4 Å². The third kappa shape index (κ3) is 3.54. The van der Waals surface area contributed by atoms with Crippen LogP contribution < -0.4 is 10.3 Å². The molecule has 29 heavy (non-hydrogen) atoms. The fourth-order valence-electron chi connectivity index (χ4n) is 3.61. The first-order chi connectivity index (χ1) is 14.1. The lowest BCUT2D eigenvalue weighted by atomic mass is 10.1. The quantitative estimate of drug-likeness (QED) is 0.500. The van der Waals surface area contributed by atoms with Gasteiger partial charge in [0.1, 0.15) is 5.75 Å². The van der Waals surface area contributed by atoms with Gasteiger partial charge in [-0.3, -0.25) is 9.78 Å². The van der Waals surface area contributed by atoms with Gasteiger partial charge in [0.25, 0.3) is 5.56 Å². The highest BCUT2D eigenvalue weighted by atomic mass is 35.5. The molecule has 1 fully saturated rings. The molecule has 0 spiro atoms. The van der Waals surface area contributed by atoms with E-state index < -0.39 is 0 Å². The Balaban J connectivity index is 1.53. The van der Waals surface area contributed by atoms with E-state index >= 15 is 0 Å². The van der Waals surface area contributed by atoms with Gasteiger partial charge < -0.3 is 14.3 Å². The van der Waals surface area contributed by atoms with Crippen molar-refractivity contribution in [1.29, 1.82) is 0 Å². The number of benzene rings is 1. The van der Waals surface area contributed by atoms with E-state index in [0.29, 0.717) is 16.7 Å². The Morgan fingerprint density at radius 1 is 1.17 bits per heavy atom. The molecule has 6 heteroatoms. The van der Waals surface area contributed by atoms with Gasteiger partial charge in [0.2, 0.25) is 0 Å². The van der Waals surface area contributed by atoms with Gasteiger partial charge in [0, 0.05) is 58.3 Å². The number of aromatic amines is 1. The Morgan fingerprint density at radius 2 is 2.03 bits per heavy atom. The molecule has 3 heterocycles. The van der Waals surface area contributed by atoms with Crippen LogP contribution in [-0.4, -0.2) is 21.6 Å². The van der Waals surface area contributed by atoms with Crippen LogP contribution >= 0.6 is 11.6 Å². The maximum Gasteiger partial charge on any atom is 0.251 e. The zero-order valence-electron chi connectivity index (χ0n) is 16.0. The predicted molar refractivity (Wildman–Crippen MR) is 116 cm³/mol. The van der Waals surface area contributed by atoms with E-state index in [0.717, 1.165) is 39.8 Å². The van der Waals surface area contributed by atoms with Crippen molar-refractivity contribution >= 4 is 22.5 Å². The first-order valence-electron chi connectivity index (χ1n) is 9.63. The van der Waals surface area contributed by atoms with Gasteiger partial charge in [-0.2, -0.15) is 0 Å². The second-order valence-electron chi connectivity index (χ2n) is 7.57. The number of fused-ring (bicyclic) bond motifs is 1. The molecule has 0 amide bonds. The average Bonchev–Trinajstić information content (AvgIpc) is 3.45. The highest BCUT2D eigenvalue weighted by molar-refractivity contribution is 6.34. The van der Waals surface area contributed by atoms with Crippen molar-refractivity contribution in [2.45, 2.75) is 19.4 Å². The van der Waals surface area contributed by atoms with E-state index in [2.05, 4.69) is 9.97 Å². The molecule has 0 radical (unpaired) electrons. The minimum Gasteiger partial charge on any atom is -0.495 e. The molecular formula is C23H20ClN3O2. The largest absolute Gasteiger partial charge is 0.495 e. The number of hydrogen-bond acceptors (Lipinski definition) is 3. The van der Waals surface area contributed by atoms with Crippen LogP contribution in [0.5, 0.6) is 5.75 Å². The van der Waals surface area contributed by atoms with E-state index in [1.165, 1.54) is 12.8 Å². The number of hydrogen-bond donors (Lipinski definition) is 1. The smallest absolute Gasteiger partial charge is 0.251 e. The summed E-state index contributed by atoms with van der Waals surface area (Å²) in [5.41, 5.74) is 4.50. The number of nitrogens with zero attached hydrogens (tertiary/aromatic N) is 2. The second kappa shape index (κ2) is 7.08. The van der Waals surface area contributed by atoms with Gasteiger partial charge in [0.05, 0.1) is 18.3 Å². The Bertz CT molecular complexity index is 1270. The van der Waals surface area contributed by atoms with Crippen molar-refractivity contribution in [2.24, 2.45) is 5.92 Å². The van der Waals surface area contributed by atoms with Crippen molar-refractivity contribution in [3.8, 4) is 28.1 Å². The Kier molecular flexibility index (Phi) is 4.40. The normalized spacial score (nSPS) is 13.7. The SMILES string of the molecule is COc1cncc(-c2cc3cc(-c4ccn(CC5CC5)c(=O)c4)[nH]c3cc2Cl)c1. The summed E-state index contributed by atoms with van der Waals surface area (Å²) >= 11 is 6.55. The monoisotopic (exact) mass is 405 g/mol. The maximum absolute atomic E-state index is 12.5. The van der Waals surface area contributed by atoms with Crippen LogP contribution in [0.3, 0.4) is 0 Å². The first kappa shape index (κ1) is 18.0. The average molecular weight is 406 g/mol. The fourth-order valence-corrected chi connectivity index (χ4v) is 3.89. The molecule has 3 aromatic heterocycles. The maximum atomic E-state index is 12.5. The molecule has 1 saturated carbocycles. The van der Waals surface area contributed by atoms with E-state index in [1.54, 1.807) is 30.1 Å². The molecule has 5 rings (SSSR count). The number of rotatable bonds is 5. The number of methoxy groups -OCH3 is 1. The molecule has 1 aliphatic carbocycles. The molecule has 5 nitrogen and oxygen atoms in total. The van der Waals surface area contributed by atoms with E-state index in [-0.39, 0.29) is 5.56 Å². The van der Waals surface area contributed by atoms with Crippen LogP contribution in [0.4, 0.5) is 0 Å². The molecule has 1 aromatic carbocycles. The molecule has 1 N–H and O–H groups in total. The molecule has 4 aromatic rings. The number of H-pyrrole nitrogens is 1. The zero-order chi connectivity index (χ0) is 20.0. The van der Waals surface area contributed by atoms with E-state index in [9.17, 15) is 4.79 Å². The highest BCUT2D eigenvalue weighted by Gasteiger charge is 2.22. The van der Waals surface area contributed by atoms with Crippen LogP contribution in [0.25, 0.3) is 33.3 Å². The lowest BCUT2D eigenvalue weighted by molar-refractivity contribution is 0.413. The summed E-state index contributed by atoms with van der Waals surface area (Å²) in [5.74, 6) is 1.35. The van der Waals surface area contributed by atoms with Crippen LogP contribution in [0.2, 0.25) is 5.02 Å². The topological polar surface area (TPSA) is 59.9 Å². The lowest BCUT2D eigenvalue weighted by Gasteiger charge is -2.06. The molecule has 1 aliphatic rings. The summed E-state index contributed by atoms with van der Waals surface area (Å²) in [4.78, 5) is 20.1. The Labute approximate surface area is 172 Å². The van der Waals surface area contributed by atoms with Crippen molar-refractivity contribution in [1.82, 2.24) is 14.5 Å². The molecule has 0 aliphatic heterocycles. The number of aromatic nitrogens is 3. The summed E-state index contributed by atoms with van der Waals surface area (Å²) in [5, 5.41) is 1.64. The van der Waals surface area contributed by atoms with Gasteiger partial charge in [-0.1, -0.05) is 11.6 Å². The molecule has 146 valence electrons.